The molecule has 0 aromatic rings. The van der Waals surface area contributed by atoms with Gasteiger partial charge in [-0.3, -0.25) is 0 Å². The number of allylic oxidation sites excluding steroid dienone is 1. The van der Waals surface area contributed by atoms with Crippen LogP contribution < -0.4 is 0 Å². The van der Waals surface area contributed by atoms with Crippen molar-refractivity contribution in [3.8, 4) is 0 Å². The van der Waals surface area contributed by atoms with Crippen molar-refractivity contribution in [2.75, 3.05) is 6.61 Å². The maximum absolute atomic E-state index is 10.3. The van der Waals surface area contributed by atoms with Crippen molar-refractivity contribution in [3.63, 3.8) is 0 Å². The van der Waals surface area contributed by atoms with Gasteiger partial charge in [-0.2, -0.15) is 0 Å². The molecule has 0 aromatic carbocycles. The normalized spacial score (nSPS) is 59.8. The van der Waals surface area contributed by atoms with E-state index in [2.05, 4.69) is 33.8 Å². The van der Waals surface area contributed by atoms with Crippen LogP contribution >= 0.6 is 0 Å². The van der Waals surface area contributed by atoms with Crippen LogP contribution in [0.15, 0.2) is 11.6 Å². The molecule has 6 rings (SSSR count). The minimum absolute atomic E-state index is 0.107. The van der Waals surface area contributed by atoms with E-state index in [1.807, 2.05) is 0 Å². The molecule has 30 heavy (non-hydrogen) atoms. The van der Waals surface area contributed by atoms with E-state index in [9.17, 15) is 5.11 Å². The summed E-state index contributed by atoms with van der Waals surface area (Å²) >= 11 is 0. The molecule has 1 spiro atoms. The second kappa shape index (κ2) is 6.58. The smallest absolute Gasteiger partial charge is 0.171 e. The Morgan fingerprint density at radius 2 is 1.87 bits per heavy atom. The lowest BCUT2D eigenvalue weighted by molar-refractivity contribution is -0.272. The van der Waals surface area contributed by atoms with Crippen LogP contribution in [0.4, 0.5) is 0 Å². The van der Waals surface area contributed by atoms with E-state index >= 15 is 0 Å². The molecule has 2 heterocycles. The number of rotatable bonds is 0. The van der Waals surface area contributed by atoms with Gasteiger partial charge in [0.05, 0.1) is 18.8 Å². The standard InChI is InChI=1S/C27H42O3/c1-16-7-12-27(29-15-16)17(2)24-23(30-27)14-22-20-6-5-18-13-19(28)8-10-25(18,3)21(20)9-11-26(22,24)4/h5,16-17,19-24,28H,6-15H2,1-4H3/t16?,17-,19-,20+,21-,22?,23-,24?,25-,26-,27+/m0/s1. The first-order chi connectivity index (χ1) is 14.3. The Bertz CT molecular complexity index is 736. The molecule has 3 saturated carbocycles. The van der Waals surface area contributed by atoms with Crippen molar-refractivity contribution in [3.05, 3.63) is 11.6 Å². The minimum atomic E-state index is -0.294. The van der Waals surface area contributed by atoms with Crippen molar-refractivity contribution in [1.82, 2.24) is 0 Å². The third kappa shape index (κ3) is 2.55. The summed E-state index contributed by atoms with van der Waals surface area (Å²) in [6.45, 7) is 10.8. The summed E-state index contributed by atoms with van der Waals surface area (Å²) < 4.78 is 13.3. The molecule has 0 aromatic heterocycles. The maximum Gasteiger partial charge on any atom is 0.171 e. The van der Waals surface area contributed by atoms with Crippen LogP contribution in [0.25, 0.3) is 0 Å². The highest BCUT2D eigenvalue weighted by molar-refractivity contribution is 5.26. The van der Waals surface area contributed by atoms with Gasteiger partial charge in [-0.25, -0.2) is 0 Å². The average molecular weight is 415 g/mol. The van der Waals surface area contributed by atoms with Crippen LogP contribution in [0.3, 0.4) is 0 Å². The Balaban J connectivity index is 1.28. The van der Waals surface area contributed by atoms with E-state index in [1.165, 1.54) is 38.5 Å². The van der Waals surface area contributed by atoms with Gasteiger partial charge in [-0.15, -0.1) is 0 Å². The highest BCUT2D eigenvalue weighted by atomic mass is 16.7. The predicted molar refractivity (Wildman–Crippen MR) is 118 cm³/mol. The molecule has 5 fully saturated rings. The quantitative estimate of drug-likeness (QED) is 0.516. The molecule has 4 aliphatic carbocycles. The van der Waals surface area contributed by atoms with Gasteiger partial charge in [0.15, 0.2) is 5.79 Å². The molecular weight excluding hydrogens is 372 g/mol. The van der Waals surface area contributed by atoms with E-state index in [1.54, 1.807) is 5.57 Å². The van der Waals surface area contributed by atoms with Crippen LogP contribution in [0.2, 0.25) is 0 Å². The van der Waals surface area contributed by atoms with E-state index in [4.69, 9.17) is 9.47 Å². The summed E-state index contributed by atoms with van der Waals surface area (Å²) in [7, 11) is 0. The number of ether oxygens (including phenoxy) is 2. The van der Waals surface area contributed by atoms with Gasteiger partial charge in [-0.1, -0.05) is 39.3 Å². The van der Waals surface area contributed by atoms with Crippen LogP contribution in [-0.4, -0.2) is 29.7 Å². The zero-order valence-corrected chi connectivity index (χ0v) is 19.5. The summed E-state index contributed by atoms with van der Waals surface area (Å²) in [5.74, 6) is 3.94. The first-order valence-electron chi connectivity index (χ1n) is 13.0. The number of hydrogen-bond acceptors (Lipinski definition) is 3. The van der Waals surface area contributed by atoms with Crippen molar-refractivity contribution in [1.29, 1.82) is 0 Å². The average Bonchev–Trinajstić information content (AvgIpc) is 3.16. The highest BCUT2D eigenvalue weighted by Gasteiger charge is 2.68. The minimum Gasteiger partial charge on any atom is -0.393 e. The lowest BCUT2D eigenvalue weighted by Crippen LogP contribution is -2.52. The molecular formula is C27H42O3. The molecule has 1 N–H and O–H groups in total. The van der Waals surface area contributed by atoms with Gasteiger partial charge in [-0.05, 0) is 91.8 Å². The van der Waals surface area contributed by atoms with Crippen LogP contribution in [0, 0.1) is 46.3 Å². The maximum atomic E-state index is 10.3. The first kappa shape index (κ1) is 20.2. The molecule has 0 bridgehead atoms. The van der Waals surface area contributed by atoms with E-state index in [-0.39, 0.29) is 11.9 Å². The van der Waals surface area contributed by atoms with Gasteiger partial charge in [0.25, 0.3) is 0 Å². The number of aliphatic hydroxyl groups excluding tert-OH is 1. The van der Waals surface area contributed by atoms with E-state index in [0.29, 0.717) is 34.7 Å². The first-order valence-corrected chi connectivity index (χ1v) is 13.0. The zero-order chi connectivity index (χ0) is 20.9. The number of aliphatic hydroxyl groups is 1. The van der Waals surface area contributed by atoms with Crippen molar-refractivity contribution in [2.24, 2.45) is 46.3 Å². The monoisotopic (exact) mass is 414 g/mol. The molecule has 6 aliphatic rings. The molecule has 3 unspecified atom stereocenters. The van der Waals surface area contributed by atoms with Gasteiger partial charge in [0, 0.05) is 12.3 Å². The number of fused-ring (bicyclic) bond motifs is 7. The summed E-state index contributed by atoms with van der Waals surface area (Å²) in [6.07, 6.45) is 13.5. The fourth-order valence-electron chi connectivity index (χ4n) is 9.66. The Morgan fingerprint density at radius 1 is 1.03 bits per heavy atom. The van der Waals surface area contributed by atoms with E-state index in [0.717, 1.165) is 43.6 Å². The lowest BCUT2D eigenvalue weighted by atomic mass is 9.47. The molecule has 0 radical (unpaired) electrons. The molecule has 168 valence electrons. The third-order valence-corrected chi connectivity index (χ3v) is 11.3. The highest BCUT2D eigenvalue weighted by Crippen LogP contribution is 2.70. The fourth-order valence-corrected chi connectivity index (χ4v) is 9.66. The van der Waals surface area contributed by atoms with Crippen molar-refractivity contribution >= 4 is 0 Å². The molecule has 3 nitrogen and oxygen atoms in total. The summed E-state index contributed by atoms with van der Waals surface area (Å²) in [5, 5.41) is 10.3. The zero-order valence-electron chi connectivity index (χ0n) is 19.5. The van der Waals surface area contributed by atoms with Gasteiger partial charge in [0.1, 0.15) is 0 Å². The molecule has 2 aliphatic heterocycles. The lowest BCUT2D eigenvalue weighted by Gasteiger charge is -2.58. The largest absolute Gasteiger partial charge is 0.393 e. The molecule has 0 amide bonds. The predicted octanol–water partition coefficient (Wildman–Crippen LogP) is 5.71. The second-order valence-corrected chi connectivity index (χ2v) is 12.7. The van der Waals surface area contributed by atoms with Crippen LogP contribution in [0.1, 0.15) is 85.5 Å². The third-order valence-electron chi connectivity index (χ3n) is 11.3. The summed E-state index contributed by atoms with van der Waals surface area (Å²) in [5.41, 5.74) is 2.31. The van der Waals surface area contributed by atoms with Crippen LogP contribution in [0.5, 0.6) is 0 Å². The van der Waals surface area contributed by atoms with Crippen molar-refractivity contribution in [2.45, 2.75) is 103 Å². The number of hydrogen-bond donors (Lipinski definition) is 1. The van der Waals surface area contributed by atoms with Gasteiger partial charge >= 0.3 is 0 Å². The van der Waals surface area contributed by atoms with Crippen molar-refractivity contribution < 1.29 is 14.6 Å². The fraction of sp³-hybridized carbons (Fsp3) is 0.926. The van der Waals surface area contributed by atoms with E-state index < -0.39 is 0 Å². The Kier molecular flexibility index (Phi) is 4.44. The summed E-state index contributed by atoms with van der Waals surface area (Å²) in [4.78, 5) is 0. The van der Waals surface area contributed by atoms with Gasteiger partial charge < -0.3 is 14.6 Å². The second-order valence-electron chi connectivity index (χ2n) is 12.7. The molecule has 3 heteroatoms. The topological polar surface area (TPSA) is 38.7 Å². The Labute approximate surface area is 183 Å². The Hall–Kier alpha value is -0.380. The molecule has 2 saturated heterocycles. The Morgan fingerprint density at radius 3 is 2.63 bits per heavy atom. The summed E-state index contributed by atoms with van der Waals surface area (Å²) in [6, 6.07) is 0. The van der Waals surface area contributed by atoms with Crippen LogP contribution in [-0.2, 0) is 9.47 Å². The van der Waals surface area contributed by atoms with Gasteiger partial charge in [0.2, 0.25) is 0 Å². The molecule has 11 atom stereocenters. The SMILES string of the molecule is CC1CC[C@@]2(OC1)O[C@H]1CC3[C@@H]4CC=C5C[C@@H](O)CC[C@]5(C)[C@H]4CC[C@]3(C)C1[C@@H]2C.